The van der Waals surface area contributed by atoms with Gasteiger partial charge in [0, 0.05) is 34.9 Å². The topological polar surface area (TPSA) is 69.3 Å². The fourth-order valence-electron chi connectivity index (χ4n) is 4.53. The van der Waals surface area contributed by atoms with Crippen LogP contribution in [0.5, 0.6) is 5.75 Å². The average Bonchev–Trinajstić information content (AvgIpc) is 3.30. The lowest BCUT2D eigenvalue weighted by Gasteiger charge is -2.10. The van der Waals surface area contributed by atoms with E-state index in [0.717, 1.165) is 68.2 Å². The van der Waals surface area contributed by atoms with Gasteiger partial charge in [-0.05, 0) is 68.5 Å². The van der Waals surface area contributed by atoms with Crippen LogP contribution in [-0.4, -0.2) is 32.0 Å². The molecule has 2 aromatic carbocycles. The van der Waals surface area contributed by atoms with Gasteiger partial charge in [0.2, 0.25) is 0 Å². The zero-order valence-electron chi connectivity index (χ0n) is 19.4. The number of benzene rings is 2. The van der Waals surface area contributed by atoms with Gasteiger partial charge >= 0.3 is 5.97 Å². The maximum absolute atomic E-state index is 11.7. The van der Waals surface area contributed by atoms with Crippen LogP contribution in [0.2, 0.25) is 5.02 Å². The number of halogens is 1. The van der Waals surface area contributed by atoms with Crippen molar-refractivity contribution in [3.8, 4) is 17.0 Å². The van der Waals surface area contributed by atoms with Gasteiger partial charge in [-0.1, -0.05) is 29.8 Å². The van der Waals surface area contributed by atoms with Crippen LogP contribution in [0, 0.1) is 20.8 Å². The van der Waals surface area contributed by atoms with Crippen LogP contribution < -0.4 is 4.74 Å². The molecule has 0 spiro atoms. The minimum absolute atomic E-state index is 0.0863. The molecule has 2 aromatic heterocycles. The fourth-order valence-corrected chi connectivity index (χ4v) is 4.63. The van der Waals surface area contributed by atoms with Crippen LogP contribution in [0.3, 0.4) is 0 Å². The van der Waals surface area contributed by atoms with E-state index in [1.165, 1.54) is 0 Å². The second-order valence-electron chi connectivity index (χ2n) is 8.41. The van der Waals surface area contributed by atoms with Crippen molar-refractivity contribution >= 4 is 28.5 Å². The van der Waals surface area contributed by atoms with E-state index in [1.807, 2.05) is 67.4 Å². The molecular formula is C26H28ClN3O3. The second kappa shape index (κ2) is 9.32. The van der Waals surface area contributed by atoms with Crippen molar-refractivity contribution in [2.45, 2.75) is 40.2 Å². The summed E-state index contributed by atoms with van der Waals surface area (Å²) in [6, 6.07) is 12.0. The molecule has 0 fully saturated rings. The summed E-state index contributed by atoms with van der Waals surface area (Å²) in [7, 11) is 1.89. The predicted octanol–water partition coefficient (Wildman–Crippen LogP) is 5.72. The first kappa shape index (κ1) is 22.9. The molecular weight excluding hydrogens is 438 g/mol. The summed E-state index contributed by atoms with van der Waals surface area (Å²) in [6.45, 7) is 6.42. The van der Waals surface area contributed by atoms with Gasteiger partial charge in [0.1, 0.15) is 12.3 Å². The number of ether oxygens (including phenoxy) is 1. The first-order valence-corrected chi connectivity index (χ1v) is 11.4. The Labute approximate surface area is 198 Å². The van der Waals surface area contributed by atoms with E-state index in [-0.39, 0.29) is 6.54 Å². The second-order valence-corrected chi connectivity index (χ2v) is 8.79. The fraction of sp³-hybridized carbons (Fsp3) is 0.308. The Morgan fingerprint density at radius 1 is 1.15 bits per heavy atom. The SMILES string of the molecule is Cc1cc(OCCCc2c(C)n(CC(=O)O)c3c(-c4ccnn4C)cccc23)cc(C)c1Cl. The van der Waals surface area contributed by atoms with Crippen LogP contribution >= 0.6 is 11.6 Å². The smallest absolute Gasteiger partial charge is 0.323 e. The highest BCUT2D eigenvalue weighted by molar-refractivity contribution is 6.32. The van der Waals surface area contributed by atoms with Crippen molar-refractivity contribution in [2.75, 3.05) is 6.61 Å². The van der Waals surface area contributed by atoms with Crippen molar-refractivity contribution < 1.29 is 14.6 Å². The molecule has 2 heterocycles. The van der Waals surface area contributed by atoms with Crippen molar-refractivity contribution in [3.63, 3.8) is 0 Å². The van der Waals surface area contributed by atoms with Gasteiger partial charge < -0.3 is 14.4 Å². The molecule has 0 amide bonds. The molecule has 6 nitrogen and oxygen atoms in total. The minimum atomic E-state index is -0.863. The number of nitrogens with zero attached hydrogens (tertiary/aromatic N) is 3. The van der Waals surface area contributed by atoms with E-state index in [2.05, 4.69) is 11.2 Å². The number of carboxylic acid groups (broad SMARTS) is 1. The molecule has 0 aliphatic rings. The molecule has 0 saturated heterocycles. The minimum Gasteiger partial charge on any atom is -0.494 e. The summed E-state index contributed by atoms with van der Waals surface area (Å²) in [5.74, 6) is -0.0453. The molecule has 0 radical (unpaired) electrons. The third-order valence-electron chi connectivity index (χ3n) is 6.11. The number of aliphatic carboxylic acids is 1. The summed E-state index contributed by atoms with van der Waals surface area (Å²) in [5, 5.41) is 15.7. The molecule has 7 heteroatoms. The average molecular weight is 466 g/mol. The summed E-state index contributed by atoms with van der Waals surface area (Å²) in [4.78, 5) is 11.7. The van der Waals surface area contributed by atoms with Gasteiger partial charge in [-0.2, -0.15) is 5.10 Å². The standard InChI is InChI=1S/C26H28ClN3O3/c1-16-13-19(14-17(2)25(16)27)33-12-6-9-20-18(3)30(15-24(31)32)26-21(20)7-5-8-22(26)23-10-11-28-29(23)4/h5,7-8,10-11,13-14H,6,9,12,15H2,1-4H3,(H,31,32). The Kier molecular flexibility index (Phi) is 6.47. The largest absolute Gasteiger partial charge is 0.494 e. The number of carboxylic acids is 1. The molecule has 0 saturated carbocycles. The zero-order chi connectivity index (χ0) is 23.7. The van der Waals surface area contributed by atoms with Gasteiger partial charge in [0.25, 0.3) is 0 Å². The highest BCUT2D eigenvalue weighted by Gasteiger charge is 2.20. The van der Waals surface area contributed by atoms with E-state index in [1.54, 1.807) is 6.20 Å². The first-order valence-electron chi connectivity index (χ1n) is 11.0. The lowest BCUT2D eigenvalue weighted by Crippen LogP contribution is -2.11. The lowest BCUT2D eigenvalue weighted by atomic mass is 10.0. The molecule has 4 rings (SSSR count). The molecule has 1 N–H and O–H groups in total. The summed E-state index contributed by atoms with van der Waals surface area (Å²) in [5.41, 5.74) is 6.99. The zero-order valence-corrected chi connectivity index (χ0v) is 20.1. The highest BCUT2D eigenvalue weighted by Crippen LogP contribution is 2.35. The number of para-hydroxylation sites is 1. The molecule has 0 aliphatic heterocycles. The summed E-state index contributed by atoms with van der Waals surface area (Å²) < 4.78 is 9.71. The quantitative estimate of drug-likeness (QED) is 0.338. The van der Waals surface area contributed by atoms with E-state index in [9.17, 15) is 9.90 Å². The van der Waals surface area contributed by atoms with Crippen molar-refractivity contribution in [2.24, 2.45) is 7.05 Å². The Hall–Kier alpha value is -3.25. The van der Waals surface area contributed by atoms with Crippen molar-refractivity contribution in [3.05, 3.63) is 70.0 Å². The van der Waals surface area contributed by atoms with Gasteiger partial charge in [-0.25, -0.2) is 0 Å². The van der Waals surface area contributed by atoms with Crippen LogP contribution in [0.25, 0.3) is 22.2 Å². The van der Waals surface area contributed by atoms with Gasteiger partial charge in [0.15, 0.2) is 0 Å². The van der Waals surface area contributed by atoms with Crippen LogP contribution in [0.15, 0.2) is 42.6 Å². The molecule has 4 aromatic rings. The highest BCUT2D eigenvalue weighted by atomic mass is 35.5. The number of carbonyl (C=O) groups is 1. The summed E-state index contributed by atoms with van der Waals surface area (Å²) >= 11 is 6.26. The molecule has 172 valence electrons. The molecule has 33 heavy (non-hydrogen) atoms. The van der Waals surface area contributed by atoms with Crippen LogP contribution in [0.4, 0.5) is 0 Å². The third kappa shape index (κ3) is 4.48. The first-order chi connectivity index (χ1) is 15.8. The molecule has 0 bridgehead atoms. The summed E-state index contributed by atoms with van der Waals surface area (Å²) in [6.07, 6.45) is 3.35. The Bertz CT molecular complexity index is 1310. The van der Waals surface area contributed by atoms with Crippen molar-refractivity contribution in [1.29, 1.82) is 0 Å². The van der Waals surface area contributed by atoms with E-state index in [0.29, 0.717) is 6.61 Å². The molecule has 0 aliphatic carbocycles. The normalized spacial score (nSPS) is 11.3. The maximum atomic E-state index is 11.7. The van der Waals surface area contributed by atoms with Crippen LogP contribution in [-0.2, 0) is 24.8 Å². The van der Waals surface area contributed by atoms with Gasteiger partial charge in [-0.3, -0.25) is 9.48 Å². The molecule has 0 atom stereocenters. The number of aryl methyl sites for hydroxylation is 4. The molecule has 0 unspecified atom stereocenters. The predicted molar refractivity (Wildman–Crippen MR) is 131 cm³/mol. The van der Waals surface area contributed by atoms with Gasteiger partial charge in [0.05, 0.1) is 17.8 Å². The number of fused-ring (bicyclic) bond motifs is 1. The van der Waals surface area contributed by atoms with Crippen molar-refractivity contribution in [1.82, 2.24) is 14.3 Å². The Morgan fingerprint density at radius 2 is 1.88 bits per heavy atom. The Balaban J connectivity index is 1.63. The number of hydrogen-bond donors (Lipinski definition) is 1. The number of hydrogen-bond acceptors (Lipinski definition) is 3. The van der Waals surface area contributed by atoms with Crippen LogP contribution in [0.1, 0.15) is 28.8 Å². The van der Waals surface area contributed by atoms with Gasteiger partial charge in [-0.15, -0.1) is 0 Å². The third-order valence-corrected chi connectivity index (χ3v) is 6.71. The lowest BCUT2D eigenvalue weighted by molar-refractivity contribution is -0.137. The monoisotopic (exact) mass is 465 g/mol. The van der Waals surface area contributed by atoms with E-state index < -0.39 is 5.97 Å². The van der Waals surface area contributed by atoms with E-state index in [4.69, 9.17) is 16.3 Å². The van der Waals surface area contributed by atoms with E-state index >= 15 is 0 Å². The number of rotatable bonds is 8. The maximum Gasteiger partial charge on any atom is 0.323 e. The number of aromatic nitrogens is 3. The Morgan fingerprint density at radius 3 is 2.52 bits per heavy atom.